The Labute approximate surface area is 161 Å². The highest BCUT2D eigenvalue weighted by Crippen LogP contribution is 2.18. The molecule has 1 aromatic rings. The highest BCUT2D eigenvalue weighted by molar-refractivity contribution is 6.20. The topological polar surface area (TPSA) is 57.2 Å². The molecule has 0 spiro atoms. The summed E-state index contributed by atoms with van der Waals surface area (Å²) < 4.78 is 0. The van der Waals surface area contributed by atoms with Gasteiger partial charge in [0.15, 0.2) is 0 Å². The molecule has 1 aliphatic rings. The first-order valence-corrected chi connectivity index (χ1v) is 9.61. The predicted octanol–water partition coefficient (Wildman–Crippen LogP) is 3.44. The van der Waals surface area contributed by atoms with Crippen molar-refractivity contribution in [1.29, 1.82) is 0 Å². The maximum absolute atomic E-state index is 12.4. The Kier molecular flexibility index (Phi) is 8.35. The number of halogens is 1. The molecule has 2 rings (SSSR count). The summed E-state index contributed by atoms with van der Waals surface area (Å²) in [5.41, 5.74) is 1.35. The average molecular weight is 381 g/mol. The van der Waals surface area contributed by atoms with Gasteiger partial charge in [0.25, 0.3) is 0 Å². The summed E-state index contributed by atoms with van der Waals surface area (Å²) in [4.78, 5) is 18.0. The van der Waals surface area contributed by atoms with Crippen LogP contribution in [0.4, 0.5) is 0 Å². The van der Waals surface area contributed by atoms with Gasteiger partial charge in [-0.1, -0.05) is 43.1 Å². The van der Waals surface area contributed by atoms with Crippen LogP contribution in [0.3, 0.4) is 0 Å². The van der Waals surface area contributed by atoms with Crippen LogP contribution in [0.1, 0.15) is 50.4 Å². The van der Waals surface area contributed by atoms with E-state index in [-0.39, 0.29) is 17.5 Å². The van der Waals surface area contributed by atoms with Crippen molar-refractivity contribution in [2.45, 2.75) is 51.6 Å². The maximum Gasteiger partial charge on any atom is 0.357 e. The third-order valence-corrected chi connectivity index (χ3v) is 4.48. The zero-order valence-corrected chi connectivity index (χ0v) is 16.6. The Bertz CT molecular complexity index is 592. The van der Waals surface area contributed by atoms with Gasteiger partial charge in [-0.2, -0.15) is 5.10 Å². The number of rotatable bonds is 8. The second-order valence-corrected chi connectivity index (χ2v) is 7.21. The minimum Gasteiger partial charge on any atom is -0.364 e. The van der Waals surface area contributed by atoms with Crippen molar-refractivity contribution in [2.75, 3.05) is 19.8 Å². The van der Waals surface area contributed by atoms with E-state index < -0.39 is 0 Å². The highest BCUT2D eigenvalue weighted by atomic mass is 35.5. The Hall–Kier alpha value is -1.63. The van der Waals surface area contributed by atoms with Crippen molar-refractivity contribution in [3.05, 3.63) is 35.9 Å². The summed E-state index contributed by atoms with van der Waals surface area (Å²) in [5.74, 6) is -0.326. The SMILES string of the molecule is CCCCN(C[C@H]1C[C@@H](Cl)N(N=C(C)C)CN1)OC(=O)c1ccccc1. The van der Waals surface area contributed by atoms with Gasteiger partial charge in [-0.15, -0.1) is 5.06 Å². The van der Waals surface area contributed by atoms with Crippen LogP contribution in [0.5, 0.6) is 0 Å². The van der Waals surface area contributed by atoms with Crippen LogP contribution in [-0.2, 0) is 4.84 Å². The molecule has 0 bridgehead atoms. The molecule has 26 heavy (non-hydrogen) atoms. The zero-order chi connectivity index (χ0) is 18.9. The molecule has 0 radical (unpaired) electrons. The molecule has 144 valence electrons. The Balaban J connectivity index is 1.93. The first-order valence-electron chi connectivity index (χ1n) is 9.17. The second kappa shape index (κ2) is 10.5. The molecule has 2 atom stereocenters. The number of nitrogens with zero attached hydrogens (tertiary/aromatic N) is 3. The number of hydrogen-bond donors (Lipinski definition) is 1. The lowest BCUT2D eigenvalue weighted by Crippen LogP contribution is -2.53. The van der Waals surface area contributed by atoms with Crippen LogP contribution < -0.4 is 5.32 Å². The van der Waals surface area contributed by atoms with Crippen molar-refractivity contribution in [3.8, 4) is 0 Å². The molecule has 0 amide bonds. The van der Waals surface area contributed by atoms with E-state index in [9.17, 15) is 4.79 Å². The number of hydrogen-bond acceptors (Lipinski definition) is 6. The minimum absolute atomic E-state index is 0.140. The molecule has 1 N–H and O–H groups in total. The fraction of sp³-hybridized carbons (Fsp3) is 0.579. The quantitative estimate of drug-likeness (QED) is 0.324. The standard InChI is InChI=1S/C19H29ClN4O2/c1-4-5-11-23(26-19(25)16-9-7-6-8-10-16)13-17-12-18(20)24(14-21-17)22-15(2)3/h6-10,17-18,21H,4-5,11-14H2,1-3H3/t17-,18+/m1/s1. The van der Waals surface area contributed by atoms with Gasteiger partial charge in [-0.25, -0.2) is 4.79 Å². The number of carbonyl (C=O) groups is 1. The fourth-order valence-electron chi connectivity index (χ4n) is 2.75. The molecule has 0 unspecified atom stereocenters. The van der Waals surface area contributed by atoms with E-state index >= 15 is 0 Å². The van der Waals surface area contributed by atoms with Crippen LogP contribution in [0.25, 0.3) is 0 Å². The van der Waals surface area contributed by atoms with Crippen molar-refractivity contribution < 1.29 is 9.63 Å². The molecule has 0 saturated carbocycles. The lowest BCUT2D eigenvalue weighted by molar-refractivity contribution is -0.117. The summed E-state index contributed by atoms with van der Waals surface area (Å²) >= 11 is 6.46. The molecule has 7 heteroatoms. The zero-order valence-electron chi connectivity index (χ0n) is 15.8. The Morgan fingerprint density at radius 3 is 2.73 bits per heavy atom. The van der Waals surface area contributed by atoms with Crippen LogP contribution in [0, 0.1) is 0 Å². The smallest absolute Gasteiger partial charge is 0.357 e. The molecular formula is C19H29ClN4O2. The van der Waals surface area contributed by atoms with E-state index in [1.54, 1.807) is 17.2 Å². The number of unbranched alkanes of at least 4 members (excludes halogenated alkanes) is 1. The molecule has 0 aliphatic carbocycles. The molecule has 1 fully saturated rings. The number of carbonyl (C=O) groups excluding carboxylic acids is 1. The van der Waals surface area contributed by atoms with Gasteiger partial charge in [-0.05, 0) is 32.4 Å². The van der Waals surface area contributed by atoms with Crippen molar-refractivity contribution in [3.63, 3.8) is 0 Å². The number of hydrazone groups is 1. The predicted molar refractivity (Wildman–Crippen MR) is 105 cm³/mol. The Morgan fingerprint density at radius 1 is 1.38 bits per heavy atom. The minimum atomic E-state index is -0.326. The van der Waals surface area contributed by atoms with E-state index in [0.717, 1.165) is 25.0 Å². The van der Waals surface area contributed by atoms with Gasteiger partial charge in [0.05, 0.1) is 18.8 Å². The average Bonchev–Trinajstić information content (AvgIpc) is 2.62. The van der Waals surface area contributed by atoms with Gasteiger partial charge >= 0.3 is 5.97 Å². The summed E-state index contributed by atoms with van der Waals surface area (Å²) in [5, 5.41) is 11.5. The van der Waals surface area contributed by atoms with Crippen LogP contribution >= 0.6 is 11.6 Å². The Morgan fingerprint density at radius 2 is 2.12 bits per heavy atom. The van der Waals surface area contributed by atoms with Crippen molar-refractivity contribution in [2.24, 2.45) is 5.10 Å². The van der Waals surface area contributed by atoms with Gasteiger partial charge in [0.2, 0.25) is 0 Å². The first-order chi connectivity index (χ1) is 12.5. The monoisotopic (exact) mass is 380 g/mol. The molecular weight excluding hydrogens is 352 g/mol. The molecule has 1 aliphatic heterocycles. The molecule has 1 heterocycles. The number of hydroxylamine groups is 2. The molecule has 1 aromatic carbocycles. The fourth-order valence-corrected chi connectivity index (χ4v) is 3.08. The van der Waals surface area contributed by atoms with Gasteiger partial charge in [0.1, 0.15) is 5.50 Å². The van der Waals surface area contributed by atoms with E-state index in [2.05, 4.69) is 17.3 Å². The van der Waals surface area contributed by atoms with Gasteiger partial charge in [0, 0.05) is 24.7 Å². The lowest BCUT2D eigenvalue weighted by atomic mass is 10.1. The summed E-state index contributed by atoms with van der Waals surface area (Å²) in [7, 11) is 0. The van der Waals surface area contributed by atoms with E-state index in [1.165, 1.54) is 0 Å². The second-order valence-electron chi connectivity index (χ2n) is 6.70. The maximum atomic E-state index is 12.4. The first kappa shape index (κ1) is 20.7. The number of nitrogens with one attached hydrogen (secondary N) is 1. The van der Waals surface area contributed by atoms with Gasteiger partial charge < -0.3 is 4.84 Å². The van der Waals surface area contributed by atoms with E-state index in [1.807, 2.05) is 37.1 Å². The molecule has 6 nitrogen and oxygen atoms in total. The van der Waals surface area contributed by atoms with E-state index in [4.69, 9.17) is 16.4 Å². The van der Waals surface area contributed by atoms with Crippen molar-refractivity contribution in [1.82, 2.24) is 15.4 Å². The number of alkyl halides is 1. The summed E-state index contributed by atoms with van der Waals surface area (Å²) in [6.07, 6.45) is 2.72. The third kappa shape index (κ3) is 6.59. The van der Waals surface area contributed by atoms with Crippen LogP contribution in [-0.4, -0.2) is 53.1 Å². The van der Waals surface area contributed by atoms with Crippen LogP contribution in [0.15, 0.2) is 35.4 Å². The van der Waals surface area contributed by atoms with Crippen molar-refractivity contribution >= 4 is 23.3 Å². The lowest BCUT2D eigenvalue weighted by Gasteiger charge is -2.37. The number of benzene rings is 1. The highest BCUT2D eigenvalue weighted by Gasteiger charge is 2.28. The van der Waals surface area contributed by atoms with Crippen LogP contribution in [0.2, 0.25) is 0 Å². The third-order valence-electron chi connectivity index (χ3n) is 4.08. The molecule has 1 saturated heterocycles. The molecule has 0 aromatic heterocycles. The summed E-state index contributed by atoms with van der Waals surface area (Å²) in [6.45, 7) is 7.91. The van der Waals surface area contributed by atoms with E-state index in [0.29, 0.717) is 25.3 Å². The normalized spacial score (nSPS) is 20.1. The van der Waals surface area contributed by atoms with Gasteiger partial charge in [-0.3, -0.25) is 10.3 Å². The summed E-state index contributed by atoms with van der Waals surface area (Å²) in [6, 6.07) is 9.21. The largest absolute Gasteiger partial charge is 0.364 e.